The first-order valence-electron chi connectivity index (χ1n) is 5.88. The highest BCUT2D eigenvalue weighted by atomic mass is 16.3. The van der Waals surface area contributed by atoms with Gasteiger partial charge in [0, 0.05) is 6.54 Å². The predicted molar refractivity (Wildman–Crippen MR) is 67.9 cm³/mol. The van der Waals surface area contributed by atoms with E-state index < -0.39 is 6.10 Å². The second kappa shape index (κ2) is 4.72. The zero-order valence-electron chi connectivity index (χ0n) is 10.5. The number of hydrogen-bond acceptors (Lipinski definition) is 2. The van der Waals surface area contributed by atoms with Gasteiger partial charge in [-0.15, -0.1) is 0 Å². The smallest absolute Gasteiger partial charge is 0.121 e. The number of nitrogens with zero attached hydrogens (tertiary/aromatic N) is 2. The third-order valence-electron chi connectivity index (χ3n) is 3.09. The molecule has 0 aliphatic rings. The molecule has 90 valence electrons. The number of imidazole rings is 1. The largest absolute Gasteiger partial charge is 0.382 e. The Labute approximate surface area is 102 Å². The minimum Gasteiger partial charge on any atom is -0.382 e. The van der Waals surface area contributed by atoms with Crippen molar-refractivity contribution < 1.29 is 5.11 Å². The highest BCUT2D eigenvalue weighted by Gasteiger charge is 2.16. The van der Waals surface area contributed by atoms with Crippen molar-refractivity contribution in [1.29, 1.82) is 0 Å². The quantitative estimate of drug-likeness (QED) is 0.880. The minimum atomic E-state index is -0.599. The Balaban J connectivity index is 2.40. The highest BCUT2D eigenvalue weighted by Crippen LogP contribution is 2.25. The summed E-state index contributed by atoms with van der Waals surface area (Å²) in [6, 6.07) is 6.10. The molecule has 0 saturated carbocycles. The van der Waals surface area contributed by atoms with Gasteiger partial charge in [0.1, 0.15) is 6.10 Å². The molecule has 2 aromatic rings. The SMILES string of the molecule is CCn1cncc1C(O)c1ccc(C)cc1C. The van der Waals surface area contributed by atoms with Gasteiger partial charge in [-0.3, -0.25) is 0 Å². The van der Waals surface area contributed by atoms with Gasteiger partial charge in [0.15, 0.2) is 0 Å². The second-order valence-electron chi connectivity index (χ2n) is 4.37. The number of rotatable bonds is 3. The van der Waals surface area contributed by atoms with Crippen molar-refractivity contribution in [3.05, 3.63) is 53.1 Å². The maximum atomic E-state index is 10.4. The molecule has 1 atom stereocenters. The van der Waals surface area contributed by atoms with Gasteiger partial charge in [-0.2, -0.15) is 0 Å². The minimum absolute atomic E-state index is 0.599. The maximum absolute atomic E-state index is 10.4. The lowest BCUT2D eigenvalue weighted by atomic mass is 9.99. The van der Waals surface area contributed by atoms with Crippen LogP contribution in [-0.4, -0.2) is 14.7 Å². The molecule has 3 heteroatoms. The average molecular weight is 230 g/mol. The van der Waals surface area contributed by atoms with Crippen LogP contribution in [0, 0.1) is 13.8 Å². The summed E-state index contributed by atoms with van der Waals surface area (Å²) in [5.74, 6) is 0. The normalized spacial score (nSPS) is 12.7. The molecule has 17 heavy (non-hydrogen) atoms. The third-order valence-corrected chi connectivity index (χ3v) is 3.09. The van der Waals surface area contributed by atoms with E-state index in [4.69, 9.17) is 0 Å². The van der Waals surface area contributed by atoms with E-state index in [0.717, 1.165) is 23.4 Å². The summed E-state index contributed by atoms with van der Waals surface area (Å²) in [6.45, 7) is 6.94. The van der Waals surface area contributed by atoms with Crippen LogP contribution >= 0.6 is 0 Å². The van der Waals surface area contributed by atoms with Crippen LogP contribution in [-0.2, 0) is 6.54 Å². The van der Waals surface area contributed by atoms with E-state index in [0.29, 0.717) is 0 Å². The molecule has 0 spiro atoms. The van der Waals surface area contributed by atoms with E-state index in [2.05, 4.69) is 18.0 Å². The third kappa shape index (κ3) is 2.24. The van der Waals surface area contributed by atoms with Crippen molar-refractivity contribution in [2.75, 3.05) is 0 Å². The van der Waals surface area contributed by atoms with Crippen LogP contribution < -0.4 is 0 Å². The number of hydrogen-bond donors (Lipinski definition) is 1. The monoisotopic (exact) mass is 230 g/mol. The summed E-state index contributed by atoms with van der Waals surface area (Å²) in [6.07, 6.45) is 2.88. The van der Waals surface area contributed by atoms with Gasteiger partial charge in [0.2, 0.25) is 0 Å². The first kappa shape index (κ1) is 11.9. The Morgan fingerprint density at radius 1 is 1.35 bits per heavy atom. The molecule has 1 aromatic heterocycles. The fraction of sp³-hybridized carbons (Fsp3) is 0.357. The number of aliphatic hydroxyl groups excluding tert-OH is 1. The molecular formula is C14H18N2O. The maximum Gasteiger partial charge on any atom is 0.121 e. The van der Waals surface area contributed by atoms with Gasteiger partial charge in [-0.05, 0) is 31.9 Å². The Bertz CT molecular complexity index is 517. The standard InChI is InChI=1S/C14H18N2O/c1-4-16-9-15-8-13(16)14(17)12-6-5-10(2)7-11(12)3/h5-9,14,17H,4H2,1-3H3. The van der Waals surface area contributed by atoms with Crippen LogP contribution in [0.25, 0.3) is 0 Å². The van der Waals surface area contributed by atoms with Gasteiger partial charge < -0.3 is 9.67 Å². The number of aliphatic hydroxyl groups is 1. The van der Waals surface area contributed by atoms with E-state index in [1.165, 1.54) is 5.56 Å². The van der Waals surface area contributed by atoms with Crippen LogP contribution in [0.3, 0.4) is 0 Å². The van der Waals surface area contributed by atoms with Crippen molar-refractivity contribution in [3.63, 3.8) is 0 Å². The summed E-state index contributed by atoms with van der Waals surface area (Å²) in [5.41, 5.74) is 4.12. The van der Waals surface area contributed by atoms with Gasteiger partial charge in [-0.25, -0.2) is 4.98 Å². The van der Waals surface area contributed by atoms with Crippen molar-refractivity contribution in [3.8, 4) is 0 Å². The fourth-order valence-corrected chi connectivity index (χ4v) is 2.11. The molecule has 0 amide bonds. The van der Waals surface area contributed by atoms with E-state index in [1.807, 2.05) is 30.5 Å². The van der Waals surface area contributed by atoms with Crippen LogP contribution in [0.5, 0.6) is 0 Å². The summed E-state index contributed by atoms with van der Waals surface area (Å²) in [4.78, 5) is 4.09. The molecule has 0 aliphatic carbocycles. The van der Waals surface area contributed by atoms with Crippen molar-refractivity contribution in [2.24, 2.45) is 0 Å². The average Bonchev–Trinajstić information content (AvgIpc) is 2.76. The molecule has 2 rings (SSSR count). The highest BCUT2D eigenvalue weighted by molar-refractivity contribution is 5.35. The zero-order chi connectivity index (χ0) is 12.4. The lowest BCUT2D eigenvalue weighted by Crippen LogP contribution is -2.08. The van der Waals surface area contributed by atoms with E-state index in [9.17, 15) is 5.11 Å². The first-order valence-corrected chi connectivity index (χ1v) is 5.88. The number of aryl methyl sites for hydroxylation is 3. The van der Waals surface area contributed by atoms with Crippen LogP contribution in [0.2, 0.25) is 0 Å². The topological polar surface area (TPSA) is 38.0 Å². The summed E-state index contributed by atoms with van der Waals surface area (Å²) in [5, 5.41) is 10.4. The lowest BCUT2D eigenvalue weighted by Gasteiger charge is -2.15. The Kier molecular flexibility index (Phi) is 3.29. The number of aromatic nitrogens is 2. The predicted octanol–water partition coefficient (Wildman–Crippen LogP) is 2.60. The van der Waals surface area contributed by atoms with Gasteiger partial charge >= 0.3 is 0 Å². The first-order chi connectivity index (χ1) is 8.13. The van der Waals surface area contributed by atoms with E-state index in [-0.39, 0.29) is 0 Å². The molecule has 0 bridgehead atoms. The summed E-state index contributed by atoms with van der Waals surface area (Å²) in [7, 11) is 0. The van der Waals surface area contributed by atoms with Crippen LogP contribution in [0.4, 0.5) is 0 Å². The molecule has 0 saturated heterocycles. The van der Waals surface area contributed by atoms with Gasteiger partial charge in [-0.1, -0.05) is 23.8 Å². The molecule has 0 fully saturated rings. The van der Waals surface area contributed by atoms with E-state index in [1.54, 1.807) is 12.5 Å². The Morgan fingerprint density at radius 3 is 2.76 bits per heavy atom. The summed E-state index contributed by atoms with van der Waals surface area (Å²) < 4.78 is 1.96. The molecular weight excluding hydrogens is 212 g/mol. The van der Waals surface area contributed by atoms with Gasteiger partial charge in [0.25, 0.3) is 0 Å². The zero-order valence-corrected chi connectivity index (χ0v) is 10.5. The van der Waals surface area contributed by atoms with E-state index >= 15 is 0 Å². The molecule has 1 aromatic carbocycles. The van der Waals surface area contributed by atoms with Crippen LogP contribution in [0.15, 0.2) is 30.7 Å². The van der Waals surface area contributed by atoms with Crippen molar-refractivity contribution in [1.82, 2.24) is 9.55 Å². The summed E-state index contributed by atoms with van der Waals surface area (Å²) >= 11 is 0. The molecule has 1 N–H and O–H groups in total. The molecule has 0 radical (unpaired) electrons. The molecule has 1 heterocycles. The molecule has 0 aliphatic heterocycles. The molecule has 1 unspecified atom stereocenters. The Morgan fingerprint density at radius 2 is 2.12 bits per heavy atom. The van der Waals surface area contributed by atoms with Crippen molar-refractivity contribution in [2.45, 2.75) is 33.4 Å². The lowest BCUT2D eigenvalue weighted by molar-refractivity contribution is 0.209. The number of benzene rings is 1. The van der Waals surface area contributed by atoms with Crippen LogP contribution in [0.1, 0.15) is 35.4 Å². The van der Waals surface area contributed by atoms with Crippen molar-refractivity contribution >= 4 is 0 Å². The fourth-order valence-electron chi connectivity index (χ4n) is 2.11. The van der Waals surface area contributed by atoms with Gasteiger partial charge in [0.05, 0.1) is 18.2 Å². The Hall–Kier alpha value is -1.61. The molecule has 3 nitrogen and oxygen atoms in total. The second-order valence-corrected chi connectivity index (χ2v) is 4.37.